The van der Waals surface area contributed by atoms with Gasteiger partial charge in [-0.25, -0.2) is 10.6 Å². The van der Waals surface area contributed by atoms with Gasteiger partial charge in [0.15, 0.2) is 0 Å². The van der Waals surface area contributed by atoms with Gasteiger partial charge in [0.05, 0.1) is 0 Å². The Labute approximate surface area is 400 Å². The lowest BCUT2D eigenvalue weighted by atomic mass is 9.97. The number of amides is 6. The van der Waals surface area contributed by atoms with Gasteiger partial charge >= 0.3 is 6.09 Å². The molecule has 16 nitrogen and oxygen atoms in total. The largest absolute Gasteiger partial charge is 0.489 e. The number of ether oxygens (including phenoxy) is 3. The van der Waals surface area contributed by atoms with Crippen LogP contribution in [0.2, 0.25) is 0 Å². The van der Waals surface area contributed by atoms with Crippen LogP contribution in [0.15, 0.2) is 109 Å². The number of hydrogen-bond donors (Lipinski definition) is 7. The molecule has 16 heteroatoms. The number of benzene rings is 4. The number of hydrogen-bond acceptors (Lipinski definition) is 10. The van der Waals surface area contributed by atoms with Crippen molar-refractivity contribution in [3.63, 3.8) is 0 Å². The van der Waals surface area contributed by atoms with Crippen molar-refractivity contribution in [2.24, 2.45) is 17.7 Å². The Hall–Kier alpha value is -6.94. The average molecular weight is 936 g/mol. The molecule has 0 aliphatic carbocycles. The van der Waals surface area contributed by atoms with Crippen molar-refractivity contribution in [3.05, 3.63) is 131 Å². The summed E-state index contributed by atoms with van der Waals surface area (Å²) in [7, 11) is 0. The summed E-state index contributed by atoms with van der Waals surface area (Å²) in [5.41, 5.74) is 4.60. The molecule has 0 spiro atoms. The third-order valence-electron chi connectivity index (χ3n) is 10.9. The molecule has 4 aromatic carbocycles. The molecule has 0 bridgehead atoms. The predicted octanol–water partition coefficient (Wildman–Crippen LogP) is 5.56. The molecule has 0 aliphatic rings. The maximum Gasteiger partial charge on any atom is 0.408 e. The Balaban J connectivity index is 1.55. The Kier molecular flexibility index (Phi) is 20.8. The molecule has 0 unspecified atom stereocenters. The summed E-state index contributed by atoms with van der Waals surface area (Å²) in [6.07, 6.45) is 0.0161. The molecule has 0 fully saturated rings. The average Bonchev–Trinajstić information content (AvgIpc) is 3.31. The fourth-order valence-electron chi connectivity index (χ4n) is 6.97. The molecular formula is C52H69N7O9. The van der Waals surface area contributed by atoms with Crippen LogP contribution in [0.25, 0.3) is 0 Å². The minimum Gasteiger partial charge on any atom is -0.489 e. The van der Waals surface area contributed by atoms with E-state index in [0.29, 0.717) is 42.3 Å². The Morgan fingerprint density at radius 1 is 0.529 bits per heavy atom. The van der Waals surface area contributed by atoms with Crippen LogP contribution in [0.3, 0.4) is 0 Å². The number of alkyl carbamates (subject to hydrolysis) is 1. The van der Waals surface area contributed by atoms with Gasteiger partial charge in [0, 0.05) is 12.8 Å². The van der Waals surface area contributed by atoms with E-state index in [9.17, 15) is 28.8 Å². The zero-order valence-electron chi connectivity index (χ0n) is 40.4. The molecule has 0 radical (unpaired) electrons. The van der Waals surface area contributed by atoms with Gasteiger partial charge in [0.2, 0.25) is 23.6 Å². The van der Waals surface area contributed by atoms with E-state index in [0.717, 1.165) is 11.1 Å². The number of carbonyl (C=O) groups is 6. The first-order valence-electron chi connectivity index (χ1n) is 23.1. The van der Waals surface area contributed by atoms with Crippen LogP contribution in [0.5, 0.6) is 11.5 Å². The van der Waals surface area contributed by atoms with Crippen LogP contribution in [-0.2, 0) is 54.8 Å². The number of nitrogens with two attached hydrogens (primary N) is 1. The quantitative estimate of drug-likeness (QED) is 0.0263. The molecular weight excluding hydrogens is 867 g/mol. The Morgan fingerprint density at radius 2 is 0.971 bits per heavy atom. The van der Waals surface area contributed by atoms with E-state index in [2.05, 4.69) is 32.0 Å². The molecule has 366 valence electrons. The van der Waals surface area contributed by atoms with Gasteiger partial charge in [0.25, 0.3) is 5.91 Å². The van der Waals surface area contributed by atoms with E-state index in [4.69, 9.17) is 20.1 Å². The zero-order chi connectivity index (χ0) is 49.8. The van der Waals surface area contributed by atoms with E-state index >= 15 is 0 Å². The van der Waals surface area contributed by atoms with E-state index in [1.807, 2.05) is 81.4 Å². The monoisotopic (exact) mass is 936 g/mol. The van der Waals surface area contributed by atoms with Crippen molar-refractivity contribution in [1.82, 2.24) is 32.0 Å². The molecule has 0 aliphatic heterocycles. The van der Waals surface area contributed by atoms with Gasteiger partial charge in [-0.15, -0.1) is 0 Å². The van der Waals surface area contributed by atoms with Crippen LogP contribution in [0, 0.1) is 11.8 Å². The first-order valence-corrected chi connectivity index (χ1v) is 23.1. The summed E-state index contributed by atoms with van der Waals surface area (Å²) in [5, 5.41) is 13.7. The molecule has 0 aromatic heterocycles. The molecule has 4 aromatic rings. The first-order chi connectivity index (χ1) is 32.3. The number of nitrogens with one attached hydrogen (secondary N) is 6. The van der Waals surface area contributed by atoms with Gasteiger partial charge in [-0.2, -0.15) is 0 Å². The third kappa shape index (κ3) is 18.4. The molecule has 6 atom stereocenters. The predicted molar refractivity (Wildman–Crippen MR) is 260 cm³/mol. The standard InChI is InChI=1S/C52H69N7O9/c1-9-34(4)45(58-51(65)68-52(6,7)8)50(64)57-43(29-36-20-24-40(25-21-36)66-31-38-16-12-10-13-17-38)47(61)54-35(5)46(60)55-44(48(62)56-42(28-33(2)3)49(63)59-53)30-37-22-26-41(27-23-37)67-32-39-18-14-11-15-19-39/h10-27,33-35,42-45H,9,28-32,53H2,1-8H3,(H,54,61)(H,55,60)(H,56,62)(H,57,64)(H,58,65)(H,59,63)/t34-,35-,42-,43-,44-,45-/m0/s1. The third-order valence-corrected chi connectivity index (χ3v) is 10.9. The molecule has 4 rings (SSSR count). The van der Waals surface area contributed by atoms with Crippen molar-refractivity contribution in [1.29, 1.82) is 0 Å². The van der Waals surface area contributed by atoms with Crippen LogP contribution in [-0.4, -0.2) is 71.4 Å². The van der Waals surface area contributed by atoms with Crippen LogP contribution in [0.1, 0.15) is 90.5 Å². The summed E-state index contributed by atoms with van der Waals surface area (Å²) < 4.78 is 17.3. The number of rotatable bonds is 24. The van der Waals surface area contributed by atoms with Crippen molar-refractivity contribution >= 4 is 35.6 Å². The minimum absolute atomic E-state index is 0.00107. The smallest absolute Gasteiger partial charge is 0.408 e. The van der Waals surface area contributed by atoms with E-state index in [1.165, 1.54) is 6.92 Å². The summed E-state index contributed by atoms with van der Waals surface area (Å²) in [5.74, 6) is 3.03. The Bertz CT molecular complexity index is 2240. The summed E-state index contributed by atoms with van der Waals surface area (Å²) in [4.78, 5) is 81.9. The summed E-state index contributed by atoms with van der Waals surface area (Å²) >= 11 is 0. The van der Waals surface area contributed by atoms with Gasteiger partial charge < -0.3 is 40.8 Å². The highest BCUT2D eigenvalue weighted by atomic mass is 16.6. The van der Waals surface area contributed by atoms with Crippen molar-refractivity contribution < 1.29 is 43.0 Å². The highest BCUT2D eigenvalue weighted by Crippen LogP contribution is 2.19. The molecule has 68 heavy (non-hydrogen) atoms. The Morgan fingerprint density at radius 3 is 1.40 bits per heavy atom. The molecule has 0 saturated heterocycles. The molecule has 8 N–H and O–H groups in total. The highest BCUT2D eigenvalue weighted by molar-refractivity contribution is 5.96. The lowest BCUT2D eigenvalue weighted by molar-refractivity contribution is -0.134. The second-order valence-corrected chi connectivity index (χ2v) is 18.3. The first kappa shape index (κ1) is 53.7. The topological polar surface area (TPSA) is 228 Å². The lowest BCUT2D eigenvalue weighted by Gasteiger charge is -2.28. The number of hydrazine groups is 1. The van der Waals surface area contributed by atoms with Crippen LogP contribution < -0.4 is 47.3 Å². The maximum atomic E-state index is 14.2. The van der Waals surface area contributed by atoms with Gasteiger partial charge in [-0.05, 0) is 92.5 Å². The second kappa shape index (κ2) is 26.4. The fourth-order valence-corrected chi connectivity index (χ4v) is 6.97. The van der Waals surface area contributed by atoms with Crippen molar-refractivity contribution in [2.45, 2.75) is 130 Å². The van der Waals surface area contributed by atoms with Crippen molar-refractivity contribution in [3.8, 4) is 11.5 Å². The lowest BCUT2D eigenvalue weighted by Crippen LogP contribution is -2.60. The maximum absolute atomic E-state index is 14.2. The number of carbonyl (C=O) groups excluding carboxylic acids is 6. The summed E-state index contributed by atoms with van der Waals surface area (Å²) in [6, 6.07) is 27.8. The van der Waals surface area contributed by atoms with E-state index < -0.39 is 71.4 Å². The summed E-state index contributed by atoms with van der Waals surface area (Å²) in [6.45, 7) is 14.7. The van der Waals surface area contributed by atoms with Crippen LogP contribution in [0.4, 0.5) is 4.79 Å². The SMILES string of the molecule is CC[C@H](C)[C@H](NC(=O)OC(C)(C)C)C(=O)N[C@@H](Cc1ccc(OCc2ccccc2)cc1)C(=O)N[C@@H](C)C(=O)N[C@@H](Cc1ccc(OCc2ccccc2)cc1)C(=O)N[C@@H](CC(C)C)C(=O)NN. The second-order valence-electron chi connectivity index (χ2n) is 18.3. The van der Waals surface area contributed by atoms with Gasteiger partial charge in [-0.1, -0.05) is 119 Å². The van der Waals surface area contributed by atoms with Crippen LogP contribution >= 0.6 is 0 Å². The van der Waals surface area contributed by atoms with E-state index in [1.54, 1.807) is 76.2 Å². The fraction of sp³-hybridized carbons (Fsp3) is 0.423. The highest BCUT2D eigenvalue weighted by Gasteiger charge is 2.34. The van der Waals surface area contributed by atoms with E-state index in [-0.39, 0.29) is 31.1 Å². The van der Waals surface area contributed by atoms with Crippen molar-refractivity contribution in [2.75, 3.05) is 0 Å². The van der Waals surface area contributed by atoms with Gasteiger partial charge in [-0.3, -0.25) is 29.4 Å². The molecule has 0 saturated carbocycles. The molecule has 6 amide bonds. The zero-order valence-corrected chi connectivity index (χ0v) is 40.4. The van der Waals surface area contributed by atoms with Gasteiger partial charge in [0.1, 0.15) is 60.5 Å². The minimum atomic E-state index is -1.23. The normalized spacial score (nSPS) is 13.9. The molecule has 0 heterocycles.